The maximum Gasteiger partial charge on any atom is 0.296 e. The van der Waals surface area contributed by atoms with Gasteiger partial charge in [0, 0.05) is 22.2 Å². The molecule has 0 fully saturated rings. The molecule has 1 N–H and O–H groups in total. The molecule has 1 unspecified atom stereocenters. The molecule has 0 radical (unpaired) electrons. The first kappa shape index (κ1) is 19.8. The molecule has 4 aromatic rings. The molecule has 1 amide bonds. The molecule has 1 aliphatic rings. The monoisotopic (exact) mass is 471 g/mol. The standard InChI is InChI=1S/C21H11ClFN3O3S2/c22-10-5-6-13-14(9-10)31-21(25-13)26-16(11-3-1-2-4-12(11)23)15(18(28)20(26)29)17(27)19-24-7-8-30-19/h1-9,16,28H. The fourth-order valence-electron chi connectivity index (χ4n) is 3.47. The highest BCUT2D eigenvalue weighted by molar-refractivity contribution is 7.22. The Labute approximate surface area is 187 Å². The number of benzene rings is 2. The Bertz CT molecular complexity index is 1380. The fourth-order valence-corrected chi connectivity index (χ4v) is 5.32. The van der Waals surface area contributed by atoms with Gasteiger partial charge in [0.2, 0.25) is 5.78 Å². The summed E-state index contributed by atoms with van der Waals surface area (Å²) in [4.78, 5) is 35.8. The first-order valence-electron chi connectivity index (χ1n) is 8.97. The van der Waals surface area contributed by atoms with Crippen LogP contribution in [0.3, 0.4) is 0 Å². The molecule has 2 aromatic heterocycles. The van der Waals surface area contributed by atoms with Gasteiger partial charge < -0.3 is 5.11 Å². The molecule has 0 saturated carbocycles. The van der Waals surface area contributed by atoms with E-state index in [1.807, 2.05) is 0 Å². The number of aromatic nitrogens is 2. The highest BCUT2D eigenvalue weighted by Crippen LogP contribution is 2.45. The SMILES string of the molecule is O=C(C1=C(O)C(=O)N(c2nc3ccc(Cl)cc3s2)C1c1ccccc1F)c1nccs1. The Balaban J connectivity index is 1.71. The Morgan fingerprint density at radius 2 is 2.03 bits per heavy atom. The normalized spacial score (nSPS) is 16.5. The minimum Gasteiger partial charge on any atom is -0.503 e. The van der Waals surface area contributed by atoms with Crippen LogP contribution in [0.4, 0.5) is 9.52 Å². The van der Waals surface area contributed by atoms with Crippen molar-refractivity contribution < 1.29 is 19.1 Å². The van der Waals surface area contributed by atoms with E-state index in [2.05, 4.69) is 9.97 Å². The fraction of sp³-hybridized carbons (Fsp3) is 0.0476. The number of hydrogen-bond acceptors (Lipinski definition) is 7. The molecule has 1 atom stereocenters. The van der Waals surface area contributed by atoms with E-state index in [0.717, 1.165) is 27.6 Å². The molecule has 0 bridgehead atoms. The van der Waals surface area contributed by atoms with Crippen LogP contribution >= 0.6 is 34.3 Å². The molecular formula is C21H11ClFN3O3S2. The lowest BCUT2D eigenvalue weighted by atomic mass is 9.96. The van der Waals surface area contributed by atoms with Gasteiger partial charge in [-0.2, -0.15) is 0 Å². The molecule has 5 rings (SSSR count). The predicted octanol–water partition coefficient (Wildman–Crippen LogP) is 5.33. The van der Waals surface area contributed by atoms with Gasteiger partial charge in [-0.15, -0.1) is 11.3 Å². The molecule has 2 aromatic carbocycles. The number of Topliss-reactive ketones (excluding diaryl/α,β-unsaturated/α-hetero) is 1. The number of aliphatic hydroxyl groups excluding tert-OH is 1. The Hall–Kier alpha value is -3.14. The van der Waals surface area contributed by atoms with Gasteiger partial charge in [-0.25, -0.2) is 14.4 Å². The second-order valence-electron chi connectivity index (χ2n) is 6.64. The Morgan fingerprint density at radius 1 is 1.23 bits per heavy atom. The number of rotatable bonds is 4. The number of fused-ring (bicyclic) bond motifs is 1. The van der Waals surface area contributed by atoms with Gasteiger partial charge in [-0.05, 0) is 24.3 Å². The highest BCUT2D eigenvalue weighted by Gasteiger charge is 2.47. The molecule has 154 valence electrons. The minimum atomic E-state index is -1.19. The second-order valence-corrected chi connectivity index (χ2v) is 8.98. The zero-order valence-corrected chi connectivity index (χ0v) is 17.8. The molecule has 10 heteroatoms. The summed E-state index contributed by atoms with van der Waals surface area (Å²) >= 11 is 8.28. The number of ketones is 1. The van der Waals surface area contributed by atoms with Crippen LogP contribution in [0.2, 0.25) is 5.02 Å². The third-order valence-electron chi connectivity index (χ3n) is 4.82. The zero-order chi connectivity index (χ0) is 21.7. The lowest BCUT2D eigenvalue weighted by molar-refractivity contribution is -0.117. The summed E-state index contributed by atoms with van der Waals surface area (Å²) in [7, 11) is 0. The van der Waals surface area contributed by atoms with Crippen molar-refractivity contribution in [3.8, 4) is 0 Å². The average Bonchev–Trinajstić information content (AvgIpc) is 3.47. The lowest BCUT2D eigenvalue weighted by Crippen LogP contribution is -2.31. The number of amides is 1. The number of carbonyl (C=O) groups is 2. The smallest absolute Gasteiger partial charge is 0.296 e. The largest absolute Gasteiger partial charge is 0.503 e. The van der Waals surface area contributed by atoms with Crippen LogP contribution < -0.4 is 4.90 Å². The maximum absolute atomic E-state index is 14.8. The van der Waals surface area contributed by atoms with Crippen molar-refractivity contribution in [3.05, 3.63) is 86.8 Å². The van der Waals surface area contributed by atoms with Crippen LogP contribution in [0.1, 0.15) is 21.4 Å². The van der Waals surface area contributed by atoms with Crippen LogP contribution in [0, 0.1) is 5.82 Å². The van der Waals surface area contributed by atoms with Crippen molar-refractivity contribution in [1.29, 1.82) is 0 Å². The van der Waals surface area contributed by atoms with Crippen LogP contribution in [-0.4, -0.2) is 26.8 Å². The van der Waals surface area contributed by atoms with Crippen LogP contribution in [-0.2, 0) is 4.79 Å². The van der Waals surface area contributed by atoms with E-state index in [1.54, 1.807) is 29.6 Å². The third kappa shape index (κ3) is 3.21. The molecular weight excluding hydrogens is 461 g/mol. The number of halogens is 2. The van der Waals surface area contributed by atoms with Crippen molar-refractivity contribution >= 4 is 61.3 Å². The van der Waals surface area contributed by atoms with E-state index >= 15 is 0 Å². The van der Waals surface area contributed by atoms with Crippen molar-refractivity contribution in [1.82, 2.24) is 9.97 Å². The summed E-state index contributed by atoms with van der Waals surface area (Å²) in [6, 6.07) is 9.68. The molecule has 0 saturated heterocycles. The van der Waals surface area contributed by atoms with Gasteiger partial charge in [0.25, 0.3) is 5.91 Å². The molecule has 0 aliphatic carbocycles. The van der Waals surface area contributed by atoms with Gasteiger partial charge in [-0.3, -0.25) is 14.5 Å². The zero-order valence-electron chi connectivity index (χ0n) is 15.5. The van der Waals surface area contributed by atoms with Crippen LogP contribution in [0.5, 0.6) is 0 Å². The first-order chi connectivity index (χ1) is 15.0. The van der Waals surface area contributed by atoms with Gasteiger partial charge in [0.15, 0.2) is 15.9 Å². The summed E-state index contributed by atoms with van der Waals surface area (Å²) in [5.74, 6) is -2.83. The summed E-state index contributed by atoms with van der Waals surface area (Å²) in [5, 5.41) is 13.1. The lowest BCUT2D eigenvalue weighted by Gasteiger charge is -2.24. The molecule has 3 heterocycles. The summed E-state index contributed by atoms with van der Waals surface area (Å²) < 4.78 is 15.5. The van der Waals surface area contributed by atoms with Crippen molar-refractivity contribution in [2.45, 2.75) is 6.04 Å². The van der Waals surface area contributed by atoms with E-state index < -0.39 is 29.3 Å². The van der Waals surface area contributed by atoms with Gasteiger partial charge in [0.1, 0.15) is 11.9 Å². The van der Waals surface area contributed by atoms with Gasteiger partial charge in [-0.1, -0.05) is 41.1 Å². The van der Waals surface area contributed by atoms with Crippen LogP contribution in [0.15, 0.2) is 65.4 Å². The number of nitrogens with zero attached hydrogens (tertiary/aromatic N) is 3. The minimum absolute atomic E-state index is 0.0668. The molecule has 6 nitrogen and oxygen atoms in total. The van der Waals surface area contributed by atoms with Crippen molar-refractivity contribution in [2.24, 2.45) is 0 Å². The number of hydrogen-bond donors (Lipinski definition) is 1. The molecule has 31 heavy (non-hydrogen) atoms. The number of anilines is 1. The average molecular weight is 472 g/mol. The second kappa shape index (κ2) is 7.52. The van der Waals surface area contributed by atoms with E-state index in [9.17, 15) is 19.1 Å². The quantitative estimate of drug-likeness (QED) is 0.407. The highest BCUT2D eigenvalue weighted by atomic mass is 35.5. The Kier molecular flexibility index (Phi) is 4.81. The number of thiazole rings is 2. The van der Waals surface area contributed by atoms with Gasteiger partial charge >= 0.3 is 0 Å². The van der Waals surface area contributed by atoms with E-state index in [4.69, 9.17) is 11.6 Å². The van der Waals surface area contributed by atoms with E-state index in [0.29, 0.717) is 15.2 Å². The molecule has 1 aliphatic heterocycles. The maximum atomic E-state index is 14.8. The Morgan fingerprint density at radius 3 is 2.77 bits per heavy atom. The number of carbonyl (C=O) groups excluding carboxylic acids is 2. The first-order valence-corrected chi connectivity index (χ1v) is 11.0. The summed E-state index contributed by atoms with van der Waals surface area (Å²) in [6.45, 7) is 0. The summed E-state index contributed by atoms with van der Waals surface area (Å²) in [5.41, 5.74) is 0.420. The van der Waals surface area contributed by atoms with Gasteiger partial charge in [0.05, 0.1) is 15.8 Å². The predicted molar refractivity (Wildman–Crippen MR) is 117 cm³/mol. The summed E-state index contributed by atoms with van der Waals surface area (Å²) in [6.07, 6.45) is 1.44. The van der Waals surface area contributed by atoms with E-state index in [1.165, 1.54) is 24.4 Å². The van der Waals surface area contributed by atoms with Crippen molar-refractivity contribution in [2.75, 3.05) is 4.90 Å². The van der Waals surface area contributed by atoms with E-state index in [-0.39, 0.29) is 21.3 Å². The topological polar surface area (TPSA) is 83.4 Å². The number of aliphatic hydroxyl groups is 1. The van der Waals surface area contributed by atoms with Crippen LogP contribution in [0.25, 0.3) is 10.2 Å². The van der Waals surface area contributed by atoms with Crippen molar-refractivity contribution in [3.63, 3.8) is 0 Å². The molecule has 0 spiro atoms. The third-order valence-corrected chi connectivity index (χ3v) is 6.85.